The number of aromatic nitrogens is 2. The Bertz CT molecular complexity index is 950. The van der Waals surface area contributed by atoms with E-state index < -0.39 is 0 Å². The minimum Gasteiger partial charge on any atom is -0.379 e. The Labute approximate surface area is 160 Å². The molecule has 3 heterocycles. The third kappa shape index (κ3) is 2.97. The van der Waals surface area contributed by atoms with Crippen molar-refractivity contribution in [3.8, 4) is 11.4 Å². The van der Waals surface area contributed by atoms with Crippen molar-refractivity contribution in [3.63, 3.8) is 0 Å². The molecular weight excluding hydrogens is 368 g/mol. The average molecular weight is 387 g/mol. The number of ether oxygens (including phenoxy) is 1. The van der Waals surface area contributed by atoms with Gasteiger partial charge in [0.1, 0.15) is 4.83 Å². The second kappa shape index (κ2) is 6.78. The topological polar surface area (TPSA) is 50.3 Å². The Morgan fingerprint density at radius 1 is 1.08 bits per heavy atom. The van der Waals surface area contributed by atoms with Crippen molar-refractivity contribution in [1.82, 2.24) is 15.0 Å². The number of fused-ring (bicyclic) bond motifs is 3. The van der Waals surface area contributed by atoms with Gasteiger partial charge < -0.3 is 10.2 Å². The van der Waals surface area contributed by atoms with Gasteiger partial charge in [-0.1, -0.05) is 11.6 Å². The molecule has 7 heteroatoms. The maximum Gasteiger partial charge on any atom is 0.163 e. The molecule has 0 saturated carbocycles. The van der Waals surface area contributed by atoms with E-state index in [1.165, 1.54) is 22.2 Å². The predicted octanol–water partition coefficient (Wildman–Crippen LogP) is 4.16. The van der Waals surface area contributed by atoms with Gasteiger partial charge in [0.05, 0.1) is 18.6 Å². The van der Waals surface area contributed by atoms with Crippen molar-refractivity contribution in [2.45, 2.75) is 19.3 Å². The van der Waals surface area contributed by atoms with Crippen molar-refractivity contribution < 1.29 is 4.74 Å². The maximum atomic E-state index is 6.04. The molecule has 1 N–H and O–H groups in total. The number of rotatable bonds is 3. The third-order valence-corrected chi connectivity index (χ3v) is 6.38. The monoisotopic (exact) mass is 386 g/mol. The van der Waals surface area contributed by atoms with Crippen LogP contribution in [-0.2, 0) is 17.6 Å². The Kier molecular flexibility index (Phi) is 4.29. The molecular formula is C19H19ClN4OS. The highest BCUT2D eigenvalue weighted by Crippen LogP contribution is 2.40. The smallest absolute Gasteiger partial charge is 0.163 e. The molecule has 1 aromatic carbocycles. The summed E-state index contributed by atoms with van der Waals surface area (Å²) in [6, 6.07) is 7.72. The van der Waals surface area contributed by atoms with Crippen LogP contribution in [0.4, 0.5) is 5.82 Å². The Morgan fingerprint density at radius 3 is 2.69 bits per heavy atom. The van der Waals surface area contributed by atoms with Crippen LogP contribution in [0.2, 0.25) is 5.02 Å². The number of aryl methyl sites for hydroxylation is 2. The molecule has 5 rings (SSSR count). The van der Waals surface area contributed by atoms with Crippen molar-refractivity contribution in [1.29, 1.82) is 0 Å². The van der Waals surface area contributed by atoms with E-state index in [1.54, 1.807) is 0 Å². The largest absolute Gasteiger partial charge is 0.379 e. The summed E-state index contributed by atoms with van der Waals surface area (Å²) in [5.41, 5.74) is 5.96. The summed E-state index contributed by atoms with van der Waals surface area (Å²) in [6.07, 6.45) is 3.51. The van der Waals surface area contributed by atoms with Gasteiger partial charge in [0.2, 0.25) is 0 Å². The molecule has 5 nitrogen and oxygen atoms in total. The zero-order chi connectivity index (χ0) is 17.5. The summed E-state index contributed by atoms with van der Waals surface area (Å²) in [5, 5.41) is 4.11. The lowest BCUT2D eigenvalue weighted by Gasteiger charge is -2.28. The first-order valence-electron chi connectivity index (χ1n) is 8.95. The van der Waals surface area contributed by atoms with Gasteiger partial charge in [-0.25, -0.2) is 15.0 Å². The maximum absolute atomic E-state index is 6.04. The molecule has 1 aliphatic carbocycles. The molecule has 26 heavy (non-hydrogen) atoms. The molecule has 0 radical (unpaired) electrons. The highest BCUT2D eigenvalue weighted by Gasteiger charge is 2.24. The van der Waals surface area contributed by atoms with Crippen LogP contribution in [0.5, 0.6) is 0 Å². The number of benzene rings is 1. The van der Waals surface area contributed by atoms with Crippen LogP contribution in [0, 0.1) is 0 Å². The molecule has 3 aromatic rings. The lowest BCUT2D eigenvalue weighted by molar-refractivity contribution is 0.0495. The number of hydrazine groups is 1. The van der Waals surface area contributed by atoms with E-state index in [0.29, 0.717) is 0 Å². The van der Waals surface area contributed by atoms with Crippen molar-refractivity contribution in [3.05, 3.63) is 39.7 Å². The number of hydrogen-bond donors (Lipinski definition) is 1. The van der Waals surface area contributed by atoms with E-state index in [9.17, 15) is 0 Å². The molecule has 1 fully saturated rings. The van der Waals surface area contributed by atoms with Gasteiger partial charge >= 0.3 is 0 Å². The van der Waals surface area contributed by atoms with Crippen LogP contribution < -0.4 is 5.43 Å². The van der Waals surface area contributed by atoms with Crippen LogP contribution in [0.25, 0.3) is 21.6 Å². The molecule has 0 amide bonds. The van der Waals surface area contributed by atoms with Crippen molar-refractivity contribution >= 4 is 39.0 Å². The minimum absolute atomic E-state index is 0.719. The van der Waals surface area contributed by atoms with Crippen LogP contribution in [0.15, 0.2) is 24.3 Å². The number of thiophene rings is 1. The lowest BCUT2D eigenvalue weighted by Crippen LogP contribution is -2.40. The van der Waals surface area contributed by atoms with Crippen molar-refractivity contribution in [2.75, 3.05) is 31.7 Å². The molecule has 2 aliphatic rings. The normalized spacial score (nSPS) is 17.6. The van der Waals surface area contributed by atoms with Gasteiger partial charge in [0, 0.05) is 28.6 Å². The average Bonchev–Trinajstić information content (AvgIpc) is 3.24. The second-order valence-corrected chi connectivity index (χ2v) is 8.17. The van der Waals surface area contributed by atoms with E-state index in [1.807, 2.05) is 35.6 Å². The molecule has 1 aliphatic heterocycles. The minimum atomic E-state index is 0.719. The van der Waals surface area contributed by atoms with Crippen LogP contribution >= 0.6 is 22.9 Å². The first-order valence-corrected chi connectivity index (χ1v) is 10.1. The number of nitrogens with one attached hydrogen (secondary N) is 1. The van der Waals surface area contributed by atoms with Gasteiger partial charge in [-0.05, 0) is 49.1 Å². The zero-order valence-corrected chi connectivity index (χ0v) is 15.9. The summed E-state index contributed by atoms with van der Waals surface area (Å²) >= 11 is 7.85. The van der Waals surface area contributed by atoms with E-state index in [2.05, 4.69) is 10.4 Å². The van der Waals surface area contributed by atoms with E-state index >= 15 is 0 Å². The summed E-state index contributed by atoms with van der Waals surface area (Å²) < 4.78 is 5.46. The first kappa shape index (κ1) is 16.4. The summed E-state index contributed by atoms with van der Waals surface area (Å²) in [5.74, 6) is 1.66. The Morgan fingerprint density at radius 2 is 1.88 bits per heavy atom. The standard InChI is InChI=1S/C19H19ClN4OS/c20-13-6-4-12(5-7-13)17-21-18(23-24-8-10-25-11-9-24)16-14-2-1-3-15(14)26-19(16)22-17/h4-7H,1-3,8-11H2,(H,21,22,23). The molecule has 134 valence electrons. The number of hydrogen-bond acceptors (Lipinski definition) is 6. The van der Waals surface area contributed by atoms with Gasteiger partial charge in [-0.15, -0.1) is 11.3 Å². The highest BCUT2D eigenvalue weighted by molar-refractivity contribution is 7.19. The van der Waals surface area contributed by atoms with Crippen LogP contribution in [-0.4, -0.2) is 41.3 Å². The molecule has 0 bridgehead atoms. The van der Waals surface area contributed by atoms with Gasteiger partial charge in [-0.3, -0.25) is 0 Å². The fourth-order valence-corrected chi connectivity index (χ4v) is 5.02. The Hall–Kier alpha value is -1.73. The van der Waals surface area contributed by atoms with Crippen molar-refractivity contribution in [2.24, 2.45) is 0 Å². The fourth-order valence-electron chi connectivity index (χ4n) is 3.63. The van der Waals surface area contributed by atoms with Gasteiger partial charge in [0.25, 0.3) is 0 Å². The number of nitrogens with zero attached hydrogens (tertiary/aromatic N) is 3. The molecule has 2 aromatic heterocycles. The molecule has 1 saturated heterocycles. The first-order chi connectivity index (χ1) is 12.8. The molecule has 0 unspecified atom stereocenters. The highest BCUT2D eigenvalue weighted by atomic mass is 35.5. The zero-order valence-electron chi connectivity index (χ0n) is 14.3. The quantitative estimate of drug-likeness (QED) is 0.732. The van der Waals surface area contributed by atoms with Gasteiger partial charge in [-0.2, -0.15) is 0 Å². The van der Waals surface area contributed by atoms with Crippen LogP contribution in [0.3, 0.4) is 0 Å². The number of morpholine rings is 1. The lowest BCUT2D eigenvalue weighted by atomic mass is 10.1. The van der Waals surface area contributed by atoms with Gasteiger partial charge in [0.15, 0.2) is 11.6 Å². The number of halogens is 1. The van der Waals surface area contributed by atoms with Crippen LogP contribution in [0.1, 0.15) is 16.9 Å². The third-order valence-electron chi connectivity index (χ3n) is 4.94. The summed E-state index contributed by atoms with van der Waals surface area (Å²) in [7, 11) is 0. The second-order valence-electron chi connectivity index (χ2n) is 6.65. The SMILES string of the molecule is Clc1ccc(-c2nc(NN3CCOCC3)c3c4c(sc3n2)CCC4)cc1. The van der Waals surface area contributed by atoms with E-state index in [0.717, 1.165) is 66.2 Å². The summed E-state index contributed by atoms with van der Waals surface area (Å²) in [6.45, 7) is 3.20. The predicted molar refractivity (Wildman–Crippen MR) is 106 cm³/mol. The number of anilines is 1. The molecule has 0 spiro atoms. The van der Waals surface area contributed by atoms with E-state index in [-0.39, 0.29) is 0 Å². The Balaban J connectivity index is 1.62. The molecule has 0 atom stereocenters. The summed E-state index contributed by atoms with van der Waals surface area (Å²) in [4.78, 5) is 12.3. The fraction of sp³-hybridized carbons (Fsp3) is 0.368. The van der Waals surface area contributed by atoms with E-state index in [4.69, 9.17) is 26.3 Å².